The molecule has 0 heterocycles. The van der Waals surface area contributed by atoms with E-state index >= 15 is 0 Å². The molecule has 0 bridgehead atoms. The Bertz CT molecular complexity index is 1550. The molecule has 0 atom stereocenters. The van der Waals surface area contributed by atoms with Crippen molar-refractivity contribution < 1.29 is 27.5 Å². The third-order valence-electron chi connectivity index (χ3n) is 6.17. The van der Waals surface area contributed by atoms with Crippen LogP contribution in [-0.4, -0.2) is 39.6 Å². The highest BCUT2D eigenvalue weighted by molar-refractivity contribution is 7.92. The summed E-state index contributed by atoms with van der Waals surface area (Å²) in [7, 11) is -2.29. The SMILES string of the molecule is CCCS(=O)(=O)Nc1cc(C(C)(C)C)cc(NC(=O)C(=O)c2ccc(OCCCC#N)c3ccccc23)c1OC. The fourth-order valence-electron chi connectivity index (χ4n) is 4.17. The summed E-state index contributed by atoms with van der Waals surface area (Å²) < 4.78 is 39.0. The maximum atomic E-state index is 13.4. The highest BCUT2D eigenvalue weighted by Gasteiger charge is 2.26. The number of rotatable bonds is 12. The molecular formula is C30H35N3O6S. The van der Waals surface area contributed by atoms with Gasteiger partial charge in [-0.2, -0.15) is 5.26 Å². The fraction of sp³-hybridized carbons (Fsp3) is 0.367. The van der Waals surface area contributed by atoms with Crippen LogP contribution in [-0.2, 0) is 20.2 Å². The lowest BCUT2D eigenvalue weighted by atomic mass is 9.86. The van der Waals surface area contributed by atoms with Crippen LogP contribution in [0.2, 0.25) is 0 Å². The first-order chi connectivity index (χ1) is 18.9. The second-order valence-electron chi connectivity index (χ2n) is 10.3. The number of amides is 1. The average molecular weight is 566 g/mol. The zero-order valence-electron chi connectivity index (χ0n) is 23.5. The van der Waals surface area contributed by atoms with Crippen LogP contribution >= 0.6 is 0 Å². The van der Waals surface area contributed by atoms with Gasteiger partial charge in [0.2, 0.25) is 10.0 Å². The van der Waals surface area contributed by atoms with E-state index in [0.29, 0.717) is 42.4 Å². The summed E-state index contributed by atoms with van der Waals surface area (Å²) in [4.78, 5) is 26.7. The third-order valence-corrected chi connectivity index (χ3v) is 7.65. The van der Waals surface area contributed by atoms with Gasteiger partial charge in [-0.1, -0.05) is 52.0 Å². The molecule has 0 saturated heterocycles. The first kappa shape index (κ1) is 30.4. The van der Waals surface area contributed by atoms with Crippen molar-refractivity contribution in [1.29, 1.82) is 5.26 Å². The van der Waals surface area contributed by atoms with Gasteiger partial charge in [0.15, 0.2) is 5.75 Å². The summed E-state index contributed by atoms with van der Waals surface area (Å²) >= 11 is 0. The van der Waals surface area contributed by atoms with Gasteiger partial charge < -0.3 is 14.8 Å². The second-order valence-corrected chi connectivity index (χ2v) is 12.2. The second kappa shape index (κ2) is 12.8. The number of nitriles is 1. The lowest BCUT2D eigenvalue weighted by Gasteiger charge is -2.24. The number of ether oxygens (including phenoxy) is 2. The van der Waals surface area contributed by atoms with E-state index < -0.39 is 27.1 Å². The Hall–Kier alpha value is -4.10. The van der Waals surface area contributed by atoms with Gasteiger partial charge in [-0.05, 0) is 53.5 Å². The van der Waals surface area contributed by atoms with Gasteiger partial charge in [0.25, 0.3) is 11.7 Å². The normalized spacial score (nSPS) is 11.5. The maximum Gasteiger partial charge on any atom is 0.296 e. The lowest BCUT2D eigenvalue weighted by molar-refractivity contribution is -0.112. The van der Waals surface area contributed by atoms with Gasteiger partial charge in [0, 0.05) is 17.4 Å². The van der Waals surface area contributed by atoms with Gasteiger partial charge in [-0.3, -0.25) is 14.3 Å². The summed E-state index contributed by atoms with van der Waals surface area (Å²) in [5.41, 5.74) is 0.861. The number of anilines is 2. The van der Waals surface area contributed by atoms with Gasteiger partial charge >= 0.3 is 0 Å². The first-order valence-corrected chi connectivity index (χ1v) is 14.7. The number of fused-ring (bicyclic) bond motifs is 1. The molecule has 0 aliphatic heterocycles. The van der Waals surface area contributed by atoms with Gasteiger partial charge in [-0.15, -0.1) is 0 Å². The molecule has 0 aliphatic rings. The zero-order valence-corrected chi connectivity index (χ0v) is 24.3. The molecule has 10 heteroatoms. The van der Waals surface area contributed by atoms with Crippen molar-refractivity contribution in [1.82, 2.24) is 0 Å². The first-order valence-electron chi connectivity index (χ1n) is 13.0. The number of sulfonamides is 1. The van der Waals surface area contributed by atoms with Crippen LogP contribution in [0.25, 0.3) is 10.8 Å². The molecule has 40 heavy (non-hydrogen) atoms. The molecule has 2 N–H and O–H groups in total. The number of unbranched alkanes of at least 4 members (excludes halogenated alkanes) is 1. The Labute approximate surface area is 235 Å². The minimum atomic E-state index is -3.66. The van der Waals surface area contributed by atoms with Crippen molar-refractivity contribution in [3.05, 3.63) is 59.7 Å². The number of nitrogens with zero attached hydrogens (tertiary/aromatic N) is 1. The van der Waals surface area contributed by atoms with Crippen molar-refractivity contribution in [3.8, 4) is 17.6 Å². The molecule has 212 valence electrons. The van der Waals surface area contributed by atoms with Crippen molar-refractivity contribution in [3.63, 3.8) is 0 Å². The quantitative estimate of drug-likeness (QED) is 0.161. The minimum Gasteiger partial charge on any atom is -0.493 e. The van der Waals surface area contributed by atoms with Crippen LogP contribution in [0, 0.1) is 11.3 Å². The summed E-state index contributed by atoms with van der Waals surface area (Å²) in [6.45, 7) is 7.96. The van der Waals surface area contributed by atoms with E-state index in [9.17, 15) is 18.0 Å². The number of Topliss-reactive ketones (excluding diaryl/α,β-unsaturated/α-hetero) is 1. The molecule has 0 aliphatic carbocycles. The molecule has 1 amide bonds. The number of hydrogen-bond acceptors (Lipinski definition) is 7. The number of carbonyl (C=O) groups excluding carboxylic acids is 2. The maximum absolute atomic E-state index is 13.4. The molecule has 0 saturated carbocycles. The number of nitrogens with one attached hydrogen (secondary N) is 2. The van der Waals surface area contributed by atoms with Crippen molar-refractivity contribution in [2.75, 3.05) is 29.5 Å². The number of ketones is 1. The molecular weight excluding hydrogens is 530 g/mol. The van der Waals surface area contributed by atoms with Crippen LogP contribution in [0.4, 0.5) is 11.4 Å². The molecule has 0 aromatic heterocycles. The Morgan fingerprint density at radius 3 is 2.33 bits per heavy atom. The predicted molar refractivity (Wildman–Crippen MR) is 157 cm³/mol. The van der Waals surface area contributed by atoms with E-state index in [0.717, 1.165) is 5.56 Å². The van der Waals surface area contributed by atoms with E-state index in [4.69, 9.17) is 14.7 Å². The molecule has 0 spiro atoms. The van der Waals surface area contributed by atoms with E-state index in [1.54, 1.807) is 43.3 Å². The lowest BCUT2D eigenvalue weighted by Crippen LogP contribution is -2.25. The molecule has 9 nitrogen and oxygen atoms in total. The molecule has 0 radical (unpaired) electrons. The molecule has 3 aromatic rings. The van der Waals surface area contributed by atoms with E-state index in [2.05, 4.69) is 16.1 Å². The minimum absolute atomic E-state index is 0.0822. The van der Waals surface area contributed by atoms with Crippen LogP contribution < -0.4 is 19.5 Å². The number of hydrogen-bond donors (Lipinski definition) is 2. The topological polar surface area (TPSA) is 135 Å². The highest BCUT2D eigenvalue weighted by atomic mass is 32.2. The summed E-state index contributed by atoms with van der Waals surface area (Å²) in [6, 6.07) is 15.7. The number of carbonyl (C=O) groups is 2. The predicted octanol–water partition coefficient (Wildman–Crippen LogP) is 5.80. The van der Waals surface area contributed by atoms with Crippen LogP contribution in [0.3, 0.4) is 0 Å². The largest absolute Gasteiger partial charge is 0.493 e. The smallest absolute Gasteiger partial charge is 0.296 e. The van der Waals surface area contributed by atoms with Crippen LogP contribution in [0.5, 0.6) is 11.5 Å². The average Bonchev–Trinajstić information content (AvgIpc) is 2.89. The van der Waals surface area contributed by atoms with Gasteiger partial charge in [0.05, 0.1) is 36.9 Å². The van der Waals surface area contributed by atoms with Crippen molar-refractivity contribution in [2.24, 2.45) is 0 Å². The standard InChI is InChI=1S/C30H35N3O6S/c1-6-17-40(36,37)33-25-19-20(30(2,3)4)18-24(28(25)38-5)32-29(35)27(34)23-13-14-26(39-16-10-9-15-31)22-12-8-7-11-21(22)23/h7-8,11-14,18-19,33H,6,9-10,16-17H2,1-5H3,(H,32,35). The van der Waals surface area contributed by atoms with E-state index in [1.807, 2.05) is 26.8 Å². The van der Waals surface area contributed by atoms with Gasteiger partial charge in [-0.25, -0.2) is 8.42 Å². The molecule has 0 unspecified atom stereocenters. The summed E-state index contributed by atoms with van der Waals surface area (Å²) in [5, 5.41) is 12.6. The van der Waals surface area contributed by atoms with Crippen molar-refractivity contribution >= 4 is 43.9 Å². The Morgan fingerprint density at radius 2 is 1.70 bits per heavy atom. The van der Waals surface area contributed by atoms with Crippen LogP contribution in [0.15, 0.2) is 48.5 Å². The van der Waals surface area contributed by atoms with Crippen molar-refractivity contribution in [2.45, 2.75) is 52.4 Å². The van der Waals surface area contributed by atoms with E-state index in [1.165, 1.54) is 13.2 Å². The summed E-state index contributed by atoms with van der Waals surface area (Å²) in [6.07, 6.45) is 1.36. The van der Waals surface area contributed by atoms with Gasteiger partial charge in [0.1, 0.15) is 5.75 Å². The molecule has 3 aromatic carbocycles. The third kappa shape index (κ3) is 7.30. The number of methoxy groups -OCH3 is 1. The fourth-order valence-corrected chi connectivity index (χ4v) is 5.29. The Morgan fingerprint density at radius 1 is 1.02 bits per heavy atom. The molecule has 0 fully saturated rings. The Kier molecular flexibility index (Phi) is 9.77. The number of benzene rings is 3. The zero-order chi connectivity index (χ0) is 29.5. The molecule has 3 rings (SSSR count). The highest BCUT2D eigenvalue weighted by Crippen LogP contribution is 2.39. The van der Waals surface area contributed by atoms with E-state index in [-0.39, 0.29) is 28.4 Å². The Balaban J connectivity index is 1.99. The monoisotopic (exact) mass is 565 g/mol. The van der Waals surface area contributed by atoms with Crippen LogP contribution in [0.1, 0.15) is 62.9 Å². The summed E-state index contributed by atoms with van der Waals surface area (Å²) in [5.74, 6) is -1.11.